The molecular formula is C82H126N4O24P4+4. The molecule has 20 aliphatic carbocycles. The summed E-state index contributed by atoms with van der Waals surface area (Å²) >= 11 is 0. The van der Waals surface area contributed by atoms with Gasteiger partial charge in [0.1, 0.15) is 79.0 Å². The Bertz CT molecular complexity index is 4170. The zero-order valence-electron chi connectivity index (χ0n) is 68.8. The Morgan fingerprint density at radius 1 is 0.430 bits per heavy atom. The molecule has 0 aromatic rings. The molecular weight excluding hydrogens is 1550 g/mol. The number of likely N-dealkylation sites (N-methyl/N-ethyl adjacent to an activating group) is 4. The second-order valence-corrected chi connectivity index (χ2v) is 49.9. The lowest BCUT2D eigenvalue weighted by Crippen LogP contribution is -2.71. The van der Waals surface area contributed by atoms with Crippen LogP contribution in [-0.4, -0.2) is 251 Å². The Kier molecular flexibility index (Phi) is 18.2. The van der Waals surface area contributed by atoms with Gasteiger partial charge in [-0.15, -0.1) is 0 Å². The highest BCUT2D eigenvalue weighted by Crippen LogP contribution is 3.10. The average Bonchev–Trinajstić information content (AvgIpc) is 1.36. The molecule has 18 fully saturated rings. The minimum absolute atomic E-state index is 0.0396. The van der Waals surface area contributed by atoms with Crippen LogP contribution in [0.2, 0.25) is 0 Å². The summed E-state index contributed by atoms with van der Waals surface area (Å²) in [6.07, 6.45) is 15.8. The van der Waals surface area contributed by atoms with Gasteiger partial charge in [-0.2, -0.15) is 0 Å². The van der Waals surface area contributed by atoms with Gasteiger partial charge in [0.25, 0.3) is 0 Å². The molecule has 20 aliphatic rings. The van der Waals surface area contributed by atoms with Crippen molar-refractivity contribution in [3.63, 3.8) is 0 Å². The van der Waals surface area contributed by atoms with Crippen molar-refractivity contribution in [1.82, 2.24) is 0 Å². The zero-order valence-corrected chi connectivity index (χ0v) is 72.3. The van der Waals surface area contributed by atoms with Crippen LogP contribution in [0, 0.1) is 210 Å². The Morgan fingerprint density at radius 2 is 0.851 bits per heavy atom. The van der Waals surface area contributed by atoms with Crippen LogP contribution in [0.25, 0.3) is 0 Å². The Balaban J connectivity index is 0.713. The number of fused-ring (bicyclic) bond motifs is 1. The van der Waals surface area contributed by atoms with E-state index in [0.717, 1.165) is 51.4 Å². The number of ether oxygens (including phenoxy) is 4. The van der Waals surface area contributed by atoms with Crippen molar-refractivity contribution in [3.05, 3.63) is 23.8 Å². The fourth-order valence-corrected chi connectivity index (χ4v) is 38.5. The van der Waals surface area contributed by atoms with Gasteiger partial charge in [0.2, 0.25) is 0 Å². The molecule has 4 N–H and O–H groups in total. The summed E-state index contributed by atoms with van der Waals surface area (Å²) in [6.45, 7) is -0.268. The van der Waals surface area contributed by atoms with Gasteiger partial charge in [-0.3, -0.25) is 55.4 Å². The van der Waals surface area contributed by atoms with Crippen molar-refractivity contribution in [2.45, 2.75) is 64.7 Å². The molecule has 38 unspecified atom stereocenters. The zero-order chi connectivity index (χ0) is 80.5. The van der Waals surface area contributed by atoms with E-state index >= 15 is 19.2 Å². The number of rotatable bonds is 37. The molecule has 634 valence electrons. The Morgan fingerprint density at radius 3 is 1.37 bits per heavy atom. The molecule has 0 radical (unpaired) electrons. The molecule has 18 saturated carbocycles. The number of phosphoric acid groups is 4. The molecule has 0 amide bonds. The fourth-order valence-electron chi connectivity index (χ4n) is 35.7. The van der Waals surface area contributed by atoms with Gasteiger partial charge in [0.15, 0.2) is 10.8 Å². The van der Waals surface area contributed by atoms with Gasteiger partial charge in [-0.05, 0) is 242 Å². The molecule has 28 nitrogen and oxygen atoms in total. The first-order valence-corrected chi connectivity index (χ1v) is 49.3. The molecule has 3 spiro atoms. The molecule has 32 heteroatoms. The summed E-state index contributed by atoms with van der Waals surface area (Å²) < 4.78 is 127. The maximum absolute atomic E-state index is 17.2. The molecule has 0 aromatic carbocycles. The normalized spacial score (nSPS) is 49.4. The summed E-state index contributed by atoms with van der Waals surface area (Å²) in [4.78, 5) is 112. The fraction of sp³-hybridized carbons (Fsp3) is 0.902. The SMILES string of the molecule is CC(C(=O)OCCOP(=O)(O)OCC[N+](C)(C)C)(C(=O)OCCOP(=O)(O)OCC[N+](C)(C)C)C12CCC3CC4CC5C=CC67CC8CC9=CC%10CC%11CCC1C1C%11C%11C%10C%10C%12C%13C%11C1C1C%11C%13C%13C(C4C%11C3C12)C5C6C%13C%12C1(C9%10)C(C(=O)OCCOP(=O)(O)OCC[N+](C)(C)C)(C(=O)OCCOP(=O)(O)OCC[N+](C)(C)C)C871. The van der Waals surface area contributed by atoms with Crippen molar-refractivity contribution in [2.24, 2.45) is 210 Å². The van der Waals surface area contributed by atoms with Crippen LogP contribution in [0.5, 0.6) is 0 Å². The summed E-state index contributed by atoms with van der Waals surface area (Å²) in [5.41, 5.74) is -5.77. The Hall–Kier alpha value is -2.36. The highest BCUT2D eigenvalue weighted by atomic mass is 31.2. The number of esters is 4. The number of hydrogen-bond acceptors (Lipinski definition) is 20. The van der Waals surface area contributed by atoms with E-state index in [1.807, 2.05) is 91.5 Å². The first-order chi connectivity index (χ1) is 53.5. The van der Waals surface area contributed by atoms with Crippen LogP contribution in [0.1, 0.15) is 64.7 Å². The molecule has 38 atom stereocenters. The van der Waals surface area contributed by atoms with E-state index in [1.54, 1.807) is 0 Å². The van der Waals surface area contributed by atoms with Crippen molar-refractivity contribution in [3.8, 4) is 0 Å². The number of hydrogen-bond donors (Lipinski definition) is 4. The van der Waals surface area contributed by atoms with E-state index in [9.17, 15) is 37.8 Å². The second-order valence-electron chi connectivity index (χ2n) is 44.0. The van der Waals surface area contributed by atoms with E-state index in [0.29, 0.717) is 110 Å². The number of carbonyl (C=O) groups excluding carboxylic acids is 4. The van der Waals surface area contributed by atoms with E-state index in [1.165, 1.54) is 5.57 Å². The van der Waals surface area contributed by atoms with E-state index in [4.69, 9.17) is 55.1 Å². The maximum atomic E-state index is 17.2. The average molecular weight is 1680 g/mol. The third-order valence-electron chi connectivity index (χ3n) is 36.5. The highest BCUT2D eigenvalue weighted by Gasteiger charge is 3.13. The summed E-state index contributed by atoms with van der Waals surface area (Å²) in [6, 6.07) is 0. The van der Waals surface area contributed by atoms with Crippen LogP contribution in [0.15, 0.2) is 23.8 Å². The number of nitrogens with zero attached hydrogens (tertiary/aromatic N) is 4. The minimum Gasteiger partial charge on any atom is -0.462 e. The predicted octanol–water partition coefficient (Wildman–Crippen LogP) is 8.21. The third kappa shape index (κ3) is 10.5. The van der Waals surface area contributed by atoms with Crippen LogP contribution in [0.3, 0.4) is 0 Å². The first kappa shape index (κ1) is 80.1. The molecule has 0 heterocycles. The molecule has 0 aromatic heterocycles. The quantitative estimate of drug-likeness (QED) is 0.00865. The largest absolute Gasteiger partial charge is 0.472 e. The number of allylic oxidation sites excluding steroid dienone is 4. The number of quaternary nitrogens is 4. The molecule has 0 aliphatic heterocycles. The van der Waals surface area contributed by atoms with Crippen molar-refractivity contribution >= 4 is 55.2 Å². The molecule has 0 saturated heterocycles. The lowest BCUT2D eigenvalue weighted by molar-refractivity contribution is -0.870. The third-order valence-corrected chi connectivity index (χ3v) is 40.6. The number of carbonyl (C=O) groups is 4. The molecule has 0 bridgehead atoms. The van der Waals surface area contributed by atoms with Crippen LogP contribution in [-0.2, 0) is 92.6 Å². The van der Waals surface area contributed by atoms with Crippen LogP contribution >= 0.6 is 31.3 Å². The van der Waals surface area contributed by atoms with Gasteiger partial charge >= 0.3 is 55.2 Å². The molecule has 20 rings (SSSR count). The van der Waals surface area contributed by atoms with Gasteiger partial charge < -0.3 is 56.5 Å². The van der Waals surface area contributed by atoms with Crippen molar-refractivity contribution < 1.29 is 130 Å². The molecule has 114 heavy (non-hydrogen) atoms. The topological polar surface area (TPSA) is 328 Å². The smallest absolute Gasteiger partial charge is 0.462 e. The van der Waals surface area contributed by atoms with E-state index in [-0.39, 0.29) is 145 Å². The maximum Gasteiger partial charge on any atom is 0.472 e. The summed E-state index contributed by atoms with van der Waals surface area (Å²) in [5.74, 6) is 3.53. The van der Waals surface area contributed by atoms with Crippen LogP contribution < -0.4 is 0 Å². The van der Waals surface area contributed by atoms with Gasteiger partial charge in [-0.1, -0.05) is 23.8 Å². The highest BCUT2D eigenvalue weighted by molar-refractivity contribution is 7.48. The minimum atomic E-state index is -4.62. The van der Waals surface area contributed by atoms with Gasteiger partial charge in [0, 0.05) is 21.7 Å². The van der Waals surface area contributed by atoms with Crippen molar-refractivity contribution in [2.75, 3.05) is 190 Å². The number of phosphoric ester groups is 4. The van der Waals surface area contributed by atoms with Gasteiger partial charge in [0.05, 0.1) is 111 Å². The monoisotopic (exact) mass is 1670 g/mol. The summed E-state index contributed by atoms with van der Waals surface area (Å²) in [7, 11) is 4.88. The lowest BCUT2D eigenvalue weighted by atomic mass is 9.30. The Labute approximate surface area is 670 Å². The first-order valence-electron chi connectivity index (χ1n) is 43.3. The van der Waals surface area contributed by atoms with E-state index < -0.39 is 141 Å². The second kappa shape index (κ2) is 25.9. The standard InChI is InChI=1S/C82H122N4O24P4/c1-77(73(87)99-28-32-107-111(91,92)103-24-20-83(2,3)4,74(88)100-29-33-108-112(93,94)104-25-21-84(5,6)7)79-19-17-44-38-45-37-43-16-18-78-41-48-40-47-39-46-36-42-14-15-49(79)55-50(42)56-52(46)65-67-63-60(56)59(55)66-62-58(54(44)71(66)79)51(45)57-53(43)70(78)68(64(57)61(62)63)72(67)80(69(47)65)81(82(48,78)80,75(89)101-30-34-109-113(95,96)105-26-22-85(8,9)10)76(90)102-31-35-110-114(97,98)106-27-23-86(11,12)13/h16,18,39,42-46,48-72H,14-15,17,19-38,40-41H2,1-13H3/p+4. The summed E-state index contributed by atoms with van der Waals surface area (Å²) in [5, 5.41) is 0. The predicted molar refractivity (Wildman–Crippen MR) is 406 cm³/mol. The van der Waals surface area contributed by atoms with E-state index in [2.05, 4.69) is 18.2 Å². The van der Waals surface area contributed by atoms with Crippen molar-refractivity contribution in [1.29, 1.82) is 0 Å². The van der Waals surface area contributed by atoms with Gasteiger partial charge in [-0.25, -0.2) is 18.3 Å². The van der Waals surface area contributed by atoms with Crippen LogP contribution in [0.4, 0.5) is 0 Å². The lowest BCUT2D eigenvalue weighted by Gasteiger charge is -2.73.